The summed E-state index contributed by atoms with van der Waals surface area (Å²) in [6, 6.07) is 0. The molecule has 5 nitrogen and oxygen atoms in total. The molecule has 0 spiro atoms. The SMILES string of the molecule is CNC(=O)C1CCCN(C(=O)C(C)(C)NC)C1. The van der Waals surface area contributed by atoms with Crippen molar-refractivity contribution in [2.45, 2.75) is 32.2 Å². The fourth-order valence-electron chi connectivity index (χ4n) is 2.08. The highest BCUT2D eigenvalue weighted by atomic mass is 16.2. The highest BCUT2D eigenvalue weighted by Crippen LogP contribution is 2.19. The fourth-order valence-corrected chi connectivity index (χ4v) is 2.08. The maximum atomic E-state index is 12.2. The molecule has 1 heterocycles. The second-order valence-electron chi connectivity index (χ2n) is 5.08. The smallest absolute Gasteiger partial charge is 0.242 e. The molecule has 1 unspecified atom stereocenters. The summed E-state index contributed by atoms with van der Waals surface area (Å²) in [5.74, 6) is 0.0312. The van der Waals surface area contributed by atoms with Crippen LogP contribution in [0.25, 0.3) is 0 Å². The summed E-state index contributed by atoms with van der Waals surface area (Å²) in [7, 11) is 3.42. The number of nitrogens with one attached hydrogen (secondary N) is 2. The molecule has 2 amide bonds. The fraction of sp³-hybridized carbons (Fsp3) is 0.833. The summed E-state index contributed by atoms with van der Waals surface area (Å²) in [5.41, 5.74) is -0.565. The summed E-state index contributed by atoms with van der Waals surface area (Å²) in [6.07, 6.45) is 1.76. The van der Waals surface area contributed by atoms with Crippen LogP contribution >= 0.6 is 0 Å². The number of hydrogen-bond acceptors (Lipinski definition) is 3. The van der Waals surface area contributed by atoms with Crippen LogP contribution in [0.3, 0.4) is 0 Å². The molecule has 2 N–H and O–H groups in total. The number of amides is 2. The summed E-state index contributed by atoms with van der Waals surface area (Å²) in [5, 5.41) is 5.66. The van der Waals surface area contributed by atoms with Gasteiger partial charge in [0.25, 0.3) is 0 Å². The van der Waals surface area contributed by atoms with Crippen molar-refractivity contribution in [1.29, 1.82) is 0 Å². The van der Waals surface area contributed by atoms with E-state index in [4.69, 9.17) is 0 Å². The van der Waals surface area contributed by atoms with Crippen LogP contribution < -0.4 is 10.6 Å². The Morgan fingerprint density at radius 1 is 1.29 bits per heavy atom. The number of likely N-dealkylation sites (N-methyl/N-ethyl adjacent to an activating group) is 1. The van der Waals surface area contributed by atoms with Crippen molar-refractivity contribution in [3.63, 3.8) is 0 Å². The normalized spacial score (nSPS) is 21.2. The Labute approximate surface area is 103 Å². The van der Waals surface area contributed by atoms with Gasteiger partial charge in [0.15, 0.2) is 0 Å². The highest BCUT2D eigenvalue weighted by Gasteiger charge is 2.34. The van der Waals surface area contributed by atoms with Gasteiger partial charge >= 0.3 is 0 Å². The third kappa shape index (κ3) is 3.19. The van der Waals surface area contributed by atoms with Crippen molar-refractivity contribution in [2.75, 3.05) is 27.2 Å². The molecule has 0 radical (unpaired) electrons. The topological polar surface area (TPSA) is 61.4 Å². The average molecular weight is 241 g/mol. The molecule has 0 aromatic carbocycles. The van der Waals surface area contributed by atoms with Crippen LogP contribution in [0.5, 0.6) is 0 Å². The molecule has 1 atom stereocenters. The number of carbonyl (C=O) groups excluding carboxylic acids is 2. The molecule has 0 saturated carbocycles. The summed E-state index contributed by atoms with van der Waals surface area (Å²) in [6.45, 7) is 5.00. The molecule has 1 fully saturated rings. The van der Waals surface area contributed by atoms with Gasteiger partial charge < -0.3 is 15.5 Å². The number of rotatable bonds is 3. The Morgan fingerprint density at radius 3 is 2.47 bits per heavy atom. The predicted molar refractivity (Wildman–Crippen MR) is 66.5 cm³/mol. The van der Waals surface area contributed by atoms with Gasteiger partial charge in [-0.1, -0.05) is 0 Å². The Morgan fingerprint density at radius 2 is 1.94 bits per heavy atom. The van der Waals surface area contributed by atoms with Crippen molar-refractivity contribution in [2.24, 2.45) is 5.92 Å². The van der Waals surface area contributed by atoms with Gasteiger partial charge in [0.05, 0.1) is 11.5 Å². The van der Waals surface area contributed by atoms with Crippen molar-refractivity contribution in [3.05, 3.63) is 0 Å². The Kier molecular flexibility index (Phi) is 4.51. The first-order valence-corrected chi connectivity index (χ1v) is 6.12. The molecule has 98 valence electrons. The second kappa shape index (κ2) is 5.49. The zero-order valence-corrected chi connectivity index (χ0v) is 11.2. The van der Waals surface area contributed by atoms with E-state index >= 15 is 0 Å². The van der Waals surface area contributed by atoms with Crippen LogP contribution in [0.15, 0.2) is 0 Å². The predicted octanol–water partition coefficient (Wildman–Crippen LogP) is -0.0310. The van der Waals surface area contributed by atoms with Gasteiger partial charge in [0, 0.05) is 20.1 Å². The number of likely N-dealkylation sites (tertiary alicyclic amines) is 1. The summed E-state index contributed by atoms with van der Waals surface area (Å²) < 4.78 is 0. The minimum absolute atomic E-state index is 0.0322. The van der Waals surface area contributed by atoms with Crippen molar-refractivity contribution >= 4 is 11.8 Å². The van der Waals surface area contributed by atoms with E-state index < -0.39 is 5.54 Å². The van der Waals surface area contributed by atoms with Crippen LogP contribution in [-0.2, 0) is 9.59 Å². The molecule has 1 aliphatic heterocycles. The molecular weight excluding hydrogens is 218 g/mol. The largest absolute Gasteiger partial charge is 0.359 e. The molecule has 1 saturated heterocycles. The standard InChI is InChI=1S/C12H23N3O2/c1-12(2,14-4)11(17)15-7-5-6-9(8-15)10(16)13-3/h9,14H,5-8H2,1-4H3,(H,13,16). The van der Waals surface area contributed by atoms with Crippen molar-refractivity contribution in [1.82, 2.24) is 15.5 Å². The lowest BCUT2D eigenvalue weighted by atomic mass is 9.94. The monoisotopic (exact) mass is 241 g/mol. The van der Waals surface area contributed by atoms with Gasteiger partial charge in [-0.3, -0.25) is 9.59 Å². The Hall–Kier alpha value is -1.10. The molecule has 1 aliphatic rings. The van der Waals surface area contributed by atoms with Crippen LogP contribution in [0.1, 0.15) is 26.7 Å². The maximum absolute atomic E-state index is 12.2. The van der Waals surface area contributed by atoms with Gasteiger partial charge in [-0.25, -0.2) is 0 Å². The van der Waals surface area contributed by atoms with Gasteiger partial charge in [-0.05, 0) is 33.7 Å². The first kappa shape index (κ1) is 14.0. The number of piperidine rings is 1. The lowest BCUT2D eigenvalue weighted by Gasteiger charge is -2.36. The number of nitrogens with zero attached hydrogens (tertiary/aromatic N) is 1. The Bertz CT molecular complexity index is 302. The van der Waals surface area contributed by atoms with Crippen molar-refractivity contribution < 1.29 is 9.59 Å². The van der Waals surface area contributed by atoms with E-state index in [1.807, 2.05) is 13.8 Å². The Balaban J connectivity index is 2.67. The minimum atomic E-state index is -0.565. The van der Waals surface area contributed by atoms with E-state index in [-0.39, 0.29) is 17.7 Å². The van der Waals surface area contributed by atoms with Crippen LogP contribution in [0.2, 0.25) is 0 Å². The zero-order valence-electron chi connectivity index (χ0n) is 11.2. The van der Waals surface area contributed by atoms with Crippen LogP contribution in [-0.4, -0.2) is 49.4 Å². The first-order valence-electron chi connectivity index (χ1n) is 6.12. The maximum Gasteiger partial charge on any atom is 0.242 e. The number of hydrogen-bond donors (Lipinski definition) is 2. The van der Waals surface area contributed by atoms with E-state index in [1.54, 1.807) is 19.0 Å². The third-order valence-electron chi connectivity index (χ3n) is 3.49. The first-order chi connectivity index (χ1) is 7.92. The van der Waals surface area contributed by atoms with Crippen LogP contribution in [0, 0.1) is 5.92 Å². The zero-order chi connectivity index (χ0) is 13.1. The molecular formula is C12H23N3O2. The van der Waals surface area contributed by atoms with E-state index in [2.05, 4.69) is 10.6 Å². The minimum Gasteiger partial charge on any atom is -0.359 e. The average Bonchev–Trinajstić information content (AvgIpc) is 2.36. The van der Waals surface area contributed by atoms with E-state index in [0.717, 1.165) is 19.4 Å². The van der Waals surface area contributed by atoms with Gasteiger partial charge in [0.2, 0.25) is 11.8 Å². The van der Waals surface area contributed by atoms with Gasteiger partial charge in [-0.2, -0.15) is 0 Å². The number of carbonyl (C=O) groups is 2. The van der Waals surface area contributed by atoms with Crippen molar-refractivity contribution in [3.8, 4) is 0 Å². The third-order valence-corrected chi connectivity index (χ3v) is 3.49. The molecule has 0 aliphatic carbocycles. The second-order valence-corrected chi connectivity index (χ2v) is 5.08. The van der Waals surface area contributed by atoms with Crippen LogP contribution in [0.4, 0.5) is 0 Å². The highest BCUT2D eigenvalue weighted by molar-refractivity contribution is 5.86. The molecule has 1 rings (SSSR count). The van der Waals surface area contributed by atoms with E-state index in [0.29, 0.717) is 6.54 Å². The quantitative estimate of drug-likeness (QED) is 0.729. The van der Waals surface area contributed by atoms with Gasteiger partial charge in [0.1, 0.15) is 0 Å². The summed E-state index contributed by atoms with van der Waals surface area (Å²) in [4.78, 5) is 25.6. The molecule has 0 aromatic heterocycles. The van der Waals surface area contributed by atoms with E-state index in [9.17, 15) is 9.59 Å². The van der Waals surface area contributed by atoms with E-state index in [1.165, 1.54) is 0 Å². The molecule has 17 heavy (non-hydrogen) atoms. The van der Waals surface area contributed by atoms with Gasteiger partial charge in [-0.15, -0.1) is 0 Å². The summed E-state index contributed by atoms with van der Waals surface area (Å²) >= 11 is 0. The lowest BCUT2D eigenvalue weighted by molar-refractivity contribution is -0.140. The molecule has 0 bridgehead atoms. The molecule has 5 heteroatoms. The molecule has 0 aromatic rings. The lowest BCUT2D eigenvalue weighted by Crippen LogP contribution is -2.56.